The molecule has 3 unspecified atom stereocenters. The Morgan fingerprint density at radius 1 is 1.36 bits per heavy atom. The van der Waals surface area contributed by atoms with Crippen LogP contribution in [-0.4, -0.2) is 17.9 Å². The minimum absolute atomic E-state index is 0.608. The van der Waals surface area contributed by atoms with Crippen molar-refractivity contribution in [1.29, 1.82) is 0 Å². The fraction of sp³-hybridized carbons (Fsp3) is 0.833. The third-order valence-electron chi connectivity index (χ3n) is 2.99. The molecule has 1 nitrogen and oxygen atoms in total. The standard InChI is InChI=1S/C12H22BrN/c1-3-5-10-8-12(13)7-6-11(10)9-14-4-2/h6-7,10-12,14H,3-5,8-9H2,1-2H3. The molecular formula is C12H22BrN. The number of allylic oxidation sites excluding steroid dienone is 1. The predicted molar refractivity (Wildman–Crippen MR) is 66.9 cm³/mol. The Labute approximate surface area is 96.5 Å². The second kappa shape index (κ2) is 6.62. The molecule has 0 aromatic carbocycles. The van der Waals surface area contributed by atoms with Crippen molar-refractivity contribution in [2.75, 3.05) is 13.1 Å². The molecule has 1 N–H and O–H groups in total. The molecule has 1 rings (SSSR count). The smallest absolute Gasteiger partial charge is 0.0328 e. The lowest BCUT2D eigenvalue weighted by Crippen LogP contribution is -2.30. The Balaban J connectivity index is 2.46. The number of halogens is 1. The summed E-state index contributed by atoms with van der Waals surface area (Å²) in [5, 5.41) is 3.45. The van der Waals surface area contributed by atoms with Gasteiger partial charge >= 0.3 is 0 Å². The van der Waals surface area contributed by atoms with Gasteiger partial charge in [0.05, 0.1) is 0 Å². The first-order valence-corrected chi connectivity index (χ1v) is 6.72. The summed E-state index contributed by atoms with van der Waals surface area (Å²) >= 11 is 3.69. The fourth-order valence-corrected chi connectivity index (χ4v) is 2.87. The van der Waals surface area contributed by atoms with Crippen LogP contribution in [0, 0.1) is 11.8 Å². The second-order valence-corrected chi connectivity index (χ2v) is 5.33. The van der Waals surface area contributed by atoms with Gasteiger partial charge in [-0.1, -0.05) is 54.8 Å². The van der Waals surface area contributed by atoms with Gasteiger partial charge in [-0.15, -0.1) is 0 Å². The molecule has 0 heterocycles. The van der Waals surface area contributed by atoms with Gasteiger partial charge < -0.3 is 5.32 Å². The number of alkyl halides is 1. The van der Waals surface area contributed by atoms with Crippen LogP contribution >= 0.6 is 15.9 Å². The van der Waals surface area contributed by atoms with E-state index >= 15 is 0 Å². The van der Waals surface area contributed by atoms with Crippen LogP contribution in [0.2, 0.25) is 0 Å². The van der Waals surface area contributed by atoms with E-state index in [1.807, 2.05) is 0 Å². The van der Waals surface area contributed by atoms with Gasteiger partial charge in [-0.2, -0.15) is 0 Å². The first-order chi connectivity index (χ1) is 6.77. The molecule has 0 radical (unpaired) electrons. The molecule has 1 aliphatic carbocycles. The van der Waals surface area contributed by atoms with Crippen LogP contribution in [0.4, 0.5) is 0 Å². The van der Waals surface area contributed by atoms with Gasteiger partial charge in [0.25, 0.3) is 0 Å². The normalized spacial score (nSPS) is 32.1. The highest BCUT2D eigenvalue weighted by Gasteiger charge is 2.23. The van der Waals surface area contributed by atoms with Crippen LogP contribution in [-0.2, 0) is 0 Å². The highest BCUT2D eigenvalue weighted by atomic mass is 79.9. The van der Waals surface area contributed by atoms with E-state index in [2.05, 4.69) is 47.2 Å². The van der Waals surface area contributed by atoms with Crippen LogP contribution < -0.4 is 5.32 Å². The van der Waals surface area contributed by atoms with Crippen molar-refractivity contribution in [2.45, 2.75) is 37.9 Å². The highest BCUT2D eigenvalue weighted by Crippen LogP contribution is 2.31. The minimum Gasteiger partial charge on any atom is -0.316 e. The van der Waals surface area contributed by atoms with E-state index in [0.29, 0.717) is 4.83 Å². The molecule has 82 valence electrons. The molecule has 3 atom stereocenters. The molecule has 0 aromatic rings. The Kier molecular flexibility index (Phi) is 5.80. The van der Waals surface area contributed by atoms with Crippen molar-refractivity contribution in [3.8, 4) is 0 Å². The molecule has 0 amide bonds. The summed E-state index contributed by atoms with van der Waals surface area (Å²) in [4.78, 5) is 0.608. The molecule has 0 fully saturated rings. The lowest BCUT2D eigenvalue weighted by atomic mass is 9.81. The average Bonchev–Trinajstić information content (AvgIpc) is 2.17. The molecule has 0 saturated carbocycles. The number of nitrogens with one attached hydrogen (secondary N) is 1. The quantitative estimate of drug-likeness (QED) is 0.590. The van der Waals surface area contributed by atoms with Gasteiger partial charge in [0.1, 0.15) is 0 Å². The summed E-state index contributed by atoms with van der Waals surface area (Å²) in [6.45, 7) is 6.69. The molecular weight excluding hydrogens is 238 g/mol. The maximum Gasteiger partial charge on any atom is 0.0328 e. The van der Waals surface area contributed by atoms with Gasteiger partial charge in [-0.25, -0.2) is 0 Å². The Bertz CT molecular complexity index is 179. The van der Waals surface area contributed by atoms with E-state index in [-0.39, 0.29) is 0 Å². The summed E-state index contributed by atoms with van der Waals surface area (Å²) in [5.41, 5.74) is 0. The van der Waals surface area contributed by atoms with Gasteiger partial charge in [0.2, 0.25) is 0 Å². The third kappa shape index (κ3) is 3.74. The SMILES string of the molecule is CCCC1CC(Br)C=CC1CNCC. The minimum atomic E-state index is 0.608. The van der Waals surface area contributed by atoms with Crippen molar-refractivity contribution >= 4 is 15.9 Å². The van der Waals surface area contributed by atoms with Gasteiger partial charge in [0, 0.05) is 11.4 Å². The van der Waals surface area contributed by atoms with Gasteiger partial charge in [-0.05, 0) is 24.8 Å². The molecule has 2 heteroatoms. The molecule has 14 heavy (non-hydrogen) atoms. The van der Waals surface area contributed by atoms with Crippen LogP contribution in [0.15, 0.2) is 12.2 Å². The van der Waals surface area contributed by atoms with Crippen molar-refractivity contribution in [3.63, 3.8) is 0 Å². The van der Waals surface area contributed by atoms with E-state index in [1.54, 1.807) is 0 Å². The molecule has 0 bridgehead atoms. The summed E-state index contributed by atoms with van der Waals surface area (Å²) < 4.78 is 0. The topological polar surface area (TPSA) is 12.0 Å². The van der Waals surface area contributed by atoms with Crippen molar-refractivity contribution in [3.05, 3.63) is 12.2 Å². The zero-order valence-corrected chi connectivity index (χ0v) is 10.9. The zero-order chi connectivity index (χ0) is 10.4. The van der Waals surface area contributed by atoms with Crippen LogP contribution in [0.1, 0.15) is 33.1 Å². The maximum atomic E-state index is 3.69. The van der Waals surface area contributed by atoms with E-state index in [9.17, 15) is 0 Å². The van der Waals surface area contributed by atoms with Crippen molar-refractivity contribution in [1.82, 2.24) is 5.32 Å². The van der Waals surface area contributed by atoms with Crippen LogP contribution in [0.5, 0.6) is 0 Å². The predicted octanol–water partition coefficient (Wildman–Crippen LogP) is 3.35. The molecule has 1 aliphatic rings. The summed E-state index contributed by atoms with van der Waals surface area (Å²) in [7, 11) is 0. The fourth-order valence-electron chi connectivity index (χ4n) is 2.21. The molecule has 0 saturated heterocycles. The molecule has 0 aromatic heterocycles. The van der Waals surface area contributed by atoms with Gasteiger partial charge in [-0.3, -0.25) is 0 Å². The zero-order valence-electron chi connectivity index (χ0n) is 9.30. The van der Waals surface area contributed by atoms with Crippen molar-refractivity contribution < 1.29 is 0 Å². The molecule has 0 aliphatic heterocycles. The van der Waals surface area contributed by atoms with E-state index in [0.717, 1.165) is 24.9 Å². The highest BCUT2D eigenvalue weighted by molar-refractivity contribution is 9.09. The lowest BCUT2D eigenvalue weighted by Gasteiger charge is -2.30. The lowest BCUT2D eigenvalue weighted by molar-refractivity contribution is 0.325. The number of rotatable bonds is 5. The van der Waals surface area contributed by atoms with E-state index < -0.39 is 0 Å². The summed E-state index contributed by atoms with van der Waals surface area (Å²) in [6, 6.07) is 0. The maximum absolute atomic E-state index is 3.69. The summed E-state index contributed by atoms with van der Waals surface area (Å²) in [5.74, 6) is 1.62. The Morgan fingerprint density at radius 2 is 2.14 bits per heavy atom. The average molecular weight is 260 g/mol. The first kappa shape index (κ1) is 12.3. The number of hydrogen-bond donors (Lipinski definition) is 1. The van der Waals surface area contributed by atoms with E-state index in [1.165, 1.54) is 19.3 Å². The Morgan fingerprint density at radius 3 is 2.79 bits per heavy atom. The van der Waals surface area contributed by atoms with Gasteiger partial charge in [0.15, 0.2) is 0 Å². The largest absolute Gasteiger partial charge is 0.316 e. The van der Waals surface area contributed by atoms with Crippen LogP contribution in [0.25, 0.3) is 0 Å². The van der Waals surface area contributed by atoms with E-state index in [4.69, 9.17) is 0 Å². The second-order valence-electron chi connectivity index (χ2n) is 4.16. The first-order valence-electron chi connectivity index (χ1n) is 5.81. The van der Waals surface area contributed by atoms with Crippen LogP contribution in [0.3, 0.4) is 0 Å². The Hall–Kier alpha value is 0.180. The molecule has 0 spiro atoms. The number of hydrogen-bond acceptors (Lipinski definition) is 1. The summed E-state index contributed by atoms with van der Waals surface area (Å²) in [6.07, 6.45) is 8.68. The van der Waals surface area contributed by atoms with Crippen molar-refractivity contribution in [2.24, 2.45) is 11.8 Å². The third-order valence-corrected chi connectivity index (χ3v) is 3.67. The monoisotopic (exact) mass is 259 g/mol.